The van der Waals surface area contributed by atoms with Crippen LogP contribution in [-0.2, 0) is 14.8 Å². The molecular formula is C22H19N3O4S. The third-order valence-electron chi connectivity index (χ3n) is 4.71. The van der Waals surface area contributed by atoms with E-state index < -0.39 is 16.0 Å². The number of hydrogen-bond acceptors (Lipinski definition) is 5. The van der Waals surface area contributed by atoms with Gasteiger partial charge in [0.15, 0.2) is 0 Å². The third kappa shape index (κ3) is 3.77. The summed E-state index contributed by atoms with van der Waals surface area (Å²) in [4.78, 5) is 19.5. The lowest BCUT2D eigenvalue weighted by molar-refractivity contribution is 0.0600. The topological polar surface area (TPSA) is 101 Å². The number of aromatic nitrogens is 2. The molecule has 0 atom stereocenters. The van der Waals surface area contributed by atoms with Crippen molar-refractivity contribution < 1.29 is 17.9 Å². The lowest BCUT2D eigenvalue weighted by Gasteiger charge is -2.12. The molecule has 0 saturated carbocycles. The molecule has 1 heterocycles. The van der Waals surface area contributed by atoms with Gasteiger partial charge in [0.05, 0.1) is 34.3 Å². The molecule has 7 nitrogen and oxygen atoms in total. The fourth-order valence-corrected chi connectivity index (χ4v) is 4.22. The number of methoxy groups -OCH3 is 1. The van der Waals surface area contributed by atoms with Gasteiger partial charge in [-0.3, -0.25) is 4.72 Å². The third-order valence-corrected chi connectivity index (χ3v) is 6.08. The van der Waals surface area contributed by atoms with Crippen LogP contribution in [0.1, 0.15) is 15.9 Å². The quantitative estimate of drug-likeness (QED) is 0.472. The van der Waals surface area contributed by atoms with Gasteiger partial charge in [0.2, 0.25) is 0 Å². The molecule has 1 aromatic heterocycles. The van der Waals surface area contributed by atoms with Crippen molar-refractivity contribution in [2.75, 3.05) is 11.8 Å². The number of hydrogen-bond donors (Lipinski definition) is 2. The molecule has 3 aromatic carbocycles. The maximum atomic E-state index is 13.0. The number of esters is 1. The van der Waals surface area contributed by atoms with E-state index in [0.717, 1.165) is 5.56 Å². The predicted molar refractivity (Wildman–Crippen MR) is 115 cm³/mol. The lowest BCUT2D eigenvalue weighted by Crippen LogP contribution is -2.14. The zero-order valence-electron chi connectivity index (χ0n) is 16.3. The molecule has 0 radical (unpaired) electrons. The van der Waals surface area contributed by atoms with E-state index in [2.05, 4.69) is 14.7 Å². The zero-order chi connectivity index (χ0) is 21.3. The van der Waals surface area contributed by atoms with E-state index in [9.17, 15) is 13.2 Å². The maximum absolute atomic E-state index is 13.0. The Hall–Kier alpha value is -3.65. The number of carbonyl (C=O) groups is 1. The van der Waals surface area contributed by atoms with Crippen molar-refractivity contribution in [3.05, 3.63) is 77.9 Å². The number of ether oxygens (including phenoxy) is 1. The highest BCUT2D eigenvalue weighted by Gasteiger charge is 2.18. The highest BCUT2D eigenvalue weighted by atomic mass is 32.2. The van der Waals surface area contributed by atoms with Gasteiger partial charge in [0.25, 0.3) is 10.0 Å². The number of H-pyrrole nitrogens is 1. The molecule has 4 aromatic rings. The largest absolute Gasteiger partial charge is 0.465 e. The molecule has 0 unspecified atom stereocenters. The van der Waals surface area contributed by atoms with Crippen LogP contribution >= 0.6 is 0 Å². The first kappa shape index (κ1) is 19.7. The molecule has 2 N–H and O–H groups in total. The predicted octanol–water partition coefficient (Wildman–Crippen LogP) is 4.13. The molecule has 0 bridgehead atoms. The van der Waals surface area contributed by atoms with E-state index in [4.69, 9.17) is 4.74 Å². The Morgan fingerprint density at radius 3 is 2.53 bits per heavy atom. The van der Waals surface area contributed by atoms with Crippen molar-refractivity contribution in [3.63, 3.8) is 0 Å². The smallest absolute Gasteiger partial charge is 0.337 e. The van der Waals surface area contributed by atoms with Crippen LogP contribution in [0.2, 0.25) is 0 Å². The normalized spacial score (nSPS) is 11.4. The number of benzene rings is 3. The summed E-state index contributed by atoms with van der Waals surface area (Å²) in [6.45, 7) is 1.75. The number of fused-ring (bicyclic) bond motifs is 1. The van der Waals surface area contributed by atoms with Crippen molar-refractivity contribution in [3.8, 4) is 11.4 Å². The molecule has 0 saturated heterocycles. The van der Waals surface area contributed by atoms with Gasteiger partial charge in [-0.05, 0) is 42.8 Å². The Balaban J connectivity index is 1.68. The molecule has 30 heavy (non-hydrogen) atoms. The van der Waals surface area contributed by atoms with Crippen LogP contribution in [0.5, 0.6) is 0 Å². The second-order valence-electron chi connectivity index (χ2n) is 6.76. The number of rotatable bonds is 5. The van der Waals surface area contributed by atoms with Gasteiger partial charge in [0.1, 0.15) is 5.82 Å². The Bertz CT molecular complexity index is 1350. The molecule has 152 valence electrons. The van der Waals surface area contributed by atoms with E-state index in [-0.39, 0.29) is 10.5 Å². The summed E-state index contributed by atoms with van der Waals surface area (Å²) in [7, 11) is -2.61. The summed E-state index contributed by atoms with van der Waals surface area (Å²) in [5, 5.41) is 0. The SMILES string of the molecule is COC(=O)c1ccc(C)c(NS(=O)(=O)c2ccc3nc(-c4ccccc4)[nH]c3c2)c1. The number of anilines is 1. The minimum Gasteiger partial charge on any atom is -0.465 e. The number of nitrogens with zero attached hydrogens (tertiary/aromatic N) is 1. The summed E-state index contributed by atoms with van der Waals surface area (Å²) in [6, 6.07) is 19.0. The monoisotopic (exact) mass is 421 g/mol. The molecule has 0 aliphatic heterocycles. The van der Waals surface area contributed by atoms with E-state index in [1.807, 2.05) is 30.3 Å². The summed E-state index contributed by atoms with van der Waals surface area (Å²) < 4.78 is 33.2. The standard InChI is InChI=1S/C22H19N3O4S/c1-14-8-9-16(22(26)29-2)12-19(14)25-30(27,28)17-10-11-18-20(13-17)24-21(23-18)15-6-4-3-5-7-15/h3-13,25H,1-2H3,(H,23,24). The molecule has 0 amide bonds. The Kier molecular flexibility index (Phi) is 5.01. The fraction of sp³-hybridized carbons (Fsp3) is 0.0909. The molecule has 8 heteroatoms. The van der Waals surface area contributed by atoms with Gasteiger partial charge in [0, 0.05) is 5.56 Å². The van der Waals surface area contributed by atoms with Gasteiger partial charge in [-0.2, -0.15) is 0 Å². The summed E-state index contributed by atoms with van der Waals surface area (Å²) in [6.07, 6.45) is 0. The van der Waals surface area contributed by atoms with Crippen LogP contribution in [-0.4, -0.2) is 31.5 Å². The highest BCUT2D eigenvalue weighted by molar-refractivity contribution is 7.92. The summed E-state index contributed by atoms with van der Waals surface area (Å²) >= 11 is 0. The Morgan fingerprint density at radius 2 is 1.80 bits per heavy atom. The molecule has 0 spiro atoms. The van der Waals surface area contributed by atoms with Crippen molar-refractivity contribution in [1.29, 1.82) is 0 Å². The van der Waals surface area contributed by atoms with Gasteiger partial charge < -0.3 is 9.72 Å². The first-order chi connectivity index (χ1) is 14.4. The van der Waals surface area contributed by atoms with E-state index >= 15 is 0 Å². The summed E-state index contributed by atoms with van der Waals surface area (Å²) in [5.74, 6) is 0.123. The van der Waals surface area contributed by atoms with E-state index in [1.54, 1.807) is 25.1 Å². The first-order valence-corrected chi connectivity index (χ1v) is 10.6. The van der Waals surface area contributed by atoms with Crippen LogP contribution in [0.3, 0.4) is 0 Å². The van der Waals surface area contributed by atoms with E-state index in [1.165, 1.54) is 25.3 Å². The van der Waals surface area contributed by atoms with Crippen LogP contribution in [0.4, 0.5) is 5.69 Å². The second kappa shape index (κ2) is 7.64. The Morgan fingerprint density at radius 1 is 1.03 bits per heavy atom. The van der Waals surface area contributed by atoms with Crippen LogP contribution < -0.4 is 4.72 Å². The minimum absolute atomic E-state index is 0.0844. The lowest BCUT2D eigenvalue weighted by atomic mass is 10.1. The van der Waals surface area contributed by atoms with Crippen LogP contribution in [0.25, 0.3) is 22.4 Å². The van der Waals surface area contributed by atoms with Crippen molar-refractivity contribution in [2.24, 2.45) is 0 Å². The van der Waals surface area contributed by atoms with Crippen molar-refractivity contribution in [2.45, 2.75) is 11.8 Å². The maximum Gasteiger partial charge on any atom is 0.337 e. The number of aromatic amines is 1. The number of sulfonamides is 1. The van der Waals surface area contributed by atoms with E-state index in [0.29, 0.717) is 28.1 Å². The number of nitrogens with one attached hydrogen (secondary N) is 2. The molecule has 0 aliphatic rings. The number of aryl methyl sites for hydroxylation is 1. The average molecular weight is 421 g/mol. The zero-order valence-corrected chi connectivity index (χ0v) is 17.2. The van der Waals surface area contributed by atoms with Crippen LogP contribution in [0.15, 0.2) is 71.6 Å². The molecule has 4 rings (SSSR count). The van der Waals surface area contributed by atoms with Gasteiger partial charge in [-0.25, -0.2) is 18.2 Å². The van der Waals surface area contributed by atoms with Gasteiger partial charge in [-0.1, -0.05) is 36.4 Å². The average Bonchev–Trinajstić information content (AvgIpc) is 3.19. The van der Waals surface area contributed by atoms with Crippen molar-refractivity contribution in [1.82, 2.24) is 9.97 Å². The second-order valence-corrected chi connectivity index (χ2v) is 8.44. The van der Waals surface area contributed by atoms with Gasteiger partial charge in [-0.15, -0.1) is 0 Å². The van der Waals surface area contributed by atoms with Crippen LogP contribution in [0, 0.1) is 6.92 Å². The molecule has 0 fully saturated rings. The van der Waals surface area contributed by atoms with Gasteiger partial charge >= 0.3 is 5.97 Å². The summed E-state index contributed by atoms with van der Waals surface area (Å²) in [5.41, 5.74) is 3.44. The molecule has 0 aliphatic carbocycles. The Labute approximate surface area is 173 Å². The first-order valence-electron chi connectivity index (χ1n) is 9.14. The highest BCUT2D eigenvalue weighted by Crippen LogP contribution is 2.25. The molecular weight excluding hydrogens is 402 g/mol. The fourth-order valence-electron chi connectivity index (χ4n) is 3.07. The van der Waals surface area contributed by atoms with Crippen molar-refractivity contribution >= 4 is 32.7 Å². The number of imidazole rings is 1. The number of carbonyl (C=O) groups excluding carboxylic acids is 1. The minimum atomic E-state index is -3.88.